The number of para-hydroxylation sites is 2. The fourth-order valence-electron chi connectivity index (χ4n) is 4.35. The summed E-state index contributed by atoms with van der Waals surface area (Å²) in [5.41, 5.74) is 1.63. The second-order valence-corrected chi connectivity index (χ2v) is 7.99. The molecule has 6 heteroatoms. The number of hydrogen-bond acceptors (Lipinski definition) is 3. The third-order valence-electron chi connectivity index (χ3n) is 5.96. The van der Waals surface area contributed by atoms with Gasteiger partial charge in [-0.25, -0.2) is 4.39 Å². The van der Waals surface area contributed by atoms with E-state index in [2.05, 4.69) is 0 Å². The fourth-order valence-corrected chi connectivity index (χ4v) is 4.35. The van der Waals surface area contributed by atoms with Gasteiger partial charge in [0.15, 0.2) is 6.61 Å². The molecule has 2 aromatic carbocycles. The third-order valence-corrected chi connectivity index (χ3v) is 5.96. The van der Waals surface area contributed by atoms with E-state index in [0.29, 0.717) is 24.5 Å². The number of amides is 2. The zero-order valence-electron chi connectivity index (χ0n) is 17.1. The van der Waals surface area contributed by atoms with E-state index in [9.17, 15) is 14.0 Å². The molecule has 158 valence electrons. The van der Waals surface area contributed by atoms with Crippen LogP contribution >= 0.6 is 0 Å². The number of benzene rings is 2. The van der Waals surface area contributed by atoms with Crippen molar-refractivity contribution in [3.8, 4) is 5.75 Å². The number of nitrogens with zero attached hydrogens (tertiary/aromatic N) is 2. The van der Waals surface area contributed by atoms with Crippen molar-refractivity contribution in [3.05, 3.63) is 59.9 Å². The zero-order valence-corrected chi connectivity index (χ0v) is 17.1. The predicted octanol–water partition coefficient (Wildman–Crippen LogP) is 4.30. The first-order valence-electron chi connectivity index (χ1n) is 10.7. The topological polar surface area (TPSA) is 49.9 Å². The van der Waals surface area contributed by atoms with Gasteiger partial charge in [0.2, 0.25) is 5.91 Å². The van der Waals surface area contributed by atoms with Crippen molar-refractivity contribution in [2.24, 2.45) is 0 Å². The van der Waals surface area contributed by atoms with Crippen molar-refractivity contribution in [2.75, 3.05) is 18.1 Å². The Hall–Kier alpha value is -2.89. The maximum Gasteiger partial charge on any atom is 0.265 e. The van der Waals surface area contributed by atoms with Crippen LogP contribution in [0.3, 0.4) is 0 Å². The van der Waals surface area contributed by atoms with E-state index in [1.54, 1.807) is 17.0 Å². The monoisotopic (exact) mass is 410 g/mol. The number of rotatable bonds is 6. The van der Waals surface area contributed by atoms with Crippen molar-refractivity contribution < 1.29 is 18.7 Å². The normalized spacial score (nSPS) is 16.7. The molecule has 2 aromatic rings. The van der Waals surface area contributed by atoms with Crippen LogP contribution in [-0.4, -0.2) is 35.9 Å². The summed E-state index contributed by atoms with van der Waals surface area (Å²) in [4.78, 5) is 29.2. The lowest BCUT2D eigenvalue weighted by Crippen LogP contribution is -2.44. The number of ether oxygens (including phenoxy) is 1. The largest absolute Gasteiger partial charge is 0.482 e. The van der Waals surface area contributed by atoms with Crippen molar-refractivity contribution in [2.45, 2.75) is 51.1 Å². The molecule has 1 saturated carbocycles. The van der Waals surface area contributed by atoms with Gasteiger partial charge in [0.1, 0.15) is 11.6 Å². The summed E-state index contributed by atoms with van der Waals surface area (Å²) in [5.74, 6) is 0.283. The van der Waals surface area contributed by atoms with Gasteiger partial charge in [0.05, 0.1) is 5.69 Å². The summed E-state index contributed by atoms with van der Waals surface area (Å²) in [7, 11) is 0. The Morgan fingerprint density at radius 2 is 1.80 bits per heavy atom. The number of halogens is 1. The quantitative estimate of drug-likeness (QED) is 0.713. The van der Waals surface area contributed by atoms with Gasteiger partial charge in [-0.15, -0.1) is 0 Å². The first kappa shape index (κ1) is 20.4. The summed E-state index contributed by atoms with van der Waals surface area (Å²) < 4.78 is 18.8. The number of carbonyl (C=O) groups excluding carboxylic acids is 2. The molecule has 4 rings (SSSR count). The van der Waals surface area contributed by atoms with E-state index in [1.807, 2.05) is 29.2 Å². The van der Waals surface area contributed by atoms with Crippen molar-refractivity contribution in [1.82, 2.24) is 4.90 Å². The van der Waals surface area contributed by atoms with Crippen LogP contribution in [0.5, 0.6) is 5.75 Å². The molecule has 0 radical (unpaired) electrons. The average Bonchev–Trinajstić information content (AvgIpc) is 2.78. The minimum Gasteiger partial charge on any atom is -0.482 e. The second kappa shape index (κ2) is 9.28. The molecule has 30 heavy (non-hydrogen) atoms. The maximum absolute atomic E-state index is 13.3. The van der Waals surface area contributed by atoms with Crippen molar-refractivity contribution >= 4 is 17.5 Å². The second-order valence-electron chi connectivity index (χ2n) is 7.99. The molecule has 0 bridgehead atoms. The molecule has 1 fully saturated rings. The standard InChI is InChI=1S/C24H27FN2O3/c25-19-12-10-18(11-13-19)16-27(20-6-2-1-3-7-20)23(28)14-15-26-21-8-4-5-9-22(21)30-17-24(26)29/h4-5,8-13,20H,1-3,6-7,14-17H2. The predicted molar refractivity (Wildman–Crippen MR) is 113 cm³/mol. The van der Waals surface area contributed by atoms with E-state index in [4.69, 9.17) is 4.74 Å². The van der Waals surface area contributed by atoms with Crippen LogP contribution in [0, 0.1) is 5.82 Å². The number of hydrogen-bond donors (Lipinski definition) is 0. The van der Waals surface area contributed by atoms with E-state index in [1.165, 1.54) is 18.6 Å². The lowest BCUT2D eigenvalue weighted by molar-refractivity contribution is -0.134. The Balaban J connectivity index is 1.47. The van der Waals surface area contributed by atoms with E-state index >= 15 is 0 Å². The molecule has 0 atom stereocenters. The highest BCUT2D eigenvalue weighted by molar-refractivity contribution is 5.98. The van der Waals surface area contributed by atoms with Gasteiger partial charge in [-0.3, -0.25) is 9.59 Å². The third kappa shape index (κ3) is 4.64. The highest BCUT2D eigenvalue weighted by atomic mass is 19.1. The smallest absolute Gasteiger partial charge is 0.265 e. The summed E-state index contributed by atoms with van der Waals surface area (Å²) in [6, 6.07) is 13.9. The van der Waals surface area contributed by atoms with Gasteiger partial charge in [-0.05, 0) is 42.7 Å². The van der Waals surface area contributed by atoms with Gasteiger partial charge in [0.25, 0.3) is 5.91 Å². The van der Waals surface area contributed by atoms with Gasteiger partial charge >= 0.3 is 0 Å². The Morgan fingerprint density at radius 3 is 2.57 bits per heavy atom. The number of anilines is 1. The Kier molecular flexibility index (Phi) is 6.31. The zero-order chi connectivity index (χ0) is 20.9. The molecule has 2 aliphatic rings. The van der Waals surface area contributed by atoms with Crippen LogP contribution in [0.2, 0.25) is 0 Å². The lowest BCUT2D eigenvalue weighted by Gasteiger charge is -2.35. The molecule has 0 N–H and O–H groups in total. The minimum atomic E-state index is -0.279. The van der Waals surface area contributed by atoms with E-state index < -0.39 is 0 Å². The minimum absolute atomic E-state index is 0.00682. The molecule has 1 aliphatic carbocycles. The molecule has 5 nitrogen and oxygen atoms in total. The van der Waals surface area contributed by atoms with Crippen LogP contribution < -0.4 is 9.64 Å². The Labute approximate surface area is 176 Å². The molecule has 1 aliphatic heterocycles. The highest BCUT2D eigenvalue weighted by Crippen LogP contribution is 2.32. The van der Waals surface area contributed by atoms with Gasteiger partial charge in [-0.1, -0.05) is 43.5 Å². The van der Waals surface area contributed by atoms with Crippen LogP contribution in [-0.2, 0) is 16.1 Å². The van der Waals surface area contributed by atoms with Crippen LogP contribution in [0.4, 0.5) is 10.1 Å². The first-order chi connectivity index (χ1) is 14.6. The molecule has 1 heterocycles. The summed E-state index contributed by atoms with van der Waals surface area (Å²) in [6.07, 6.45) is 5.67. The van der Waals surface area contributed by atoms with E-state index in [0.717, 1.165) is 31.2 Å². The van der Waals surface area contributed by atoms with Gasteiger partial charge < -0.3 is 14.5 Å². The molecule has 0 aromatic heterocycles. The van der Waals surface area contributed by atoms with Gasteiger partial charge in [-0.2, -0.15) is 0 Å². The van der Waals surface area contributed by atoms with Crippen LogP contribution in [0.25, 0.3) is 0 Å². The van der Waals surface area contributed by atoms with Crippen molar-refractivity contribution in [1.29, 1.82) is 0 Å². The SMILES string of the molecule is O=C1COc2ccccc2N1CCC(=O)N(Cc1ccc(F)cc1)C1CCCCC1. The molecule has 0 saturated heterocycles. The van der Waals surface area contributed by atoms with Crippen LogP contribution in [0.1, 0.15) is 44.1 Å². The highest BCUT2D eigenvalue weighted by Gasteiger charge is 2.29. The molecule has 0 unspecified atom stereocenters. The summed E-state index contributed by atoms with van der Waals surface area (Å²) in [6.45, 7) is 0.787. The first-order valence-corrected chi connectivity index (χ1v) is 10.7. The molecule has 0 spiro atoms. The van der Waals surface area contributed by atoms with Crippen LogP contribution in [0.15, 0.2) is 48.5 Å². The lowest BCUT2D eigenvalue weighted by atomic mass is 9.93. The summed E-state index contributed by atoms with van der Waals surface area (Å²) in [5, 5.41) is 0. The maximum atomic E-state index is 13.3. The number of fused-ring (bicyclic) bond motifs is 1. The van der Waals surface area contributed by atoms with E-state index in [-0.39, 0.29) is 36.7 Å². The molecule has 2 amide bonds. The molecular formula is C24H27FN2O3. The van der Waals surface area contributed by atoms with Crippen molar-refractivity contribution in [3.63, 3.8) is 0 Å². The molecular weight excluding hydrogens is 383 g/mol. The Morgan fingerprint density at radius 1 is 1.07 bits per heavy atom. The fraction of sp³-hybridized carbons (Fsp3) is 0.417. The Bertz CT molecular complexity index is 894. The number of carbonyl (C=O) groups is 2. The average molecular weight is 410 g/mol. The van der Waals surface area contributed by atoms with Gasteiger partial charge in [0, 0.05) is 25.6 Å². The summed E-state index contributed by atoms with van der Waals surface area (Å²) >= 11 is 0.